The Kier molecular flexibility index (Phi) is 5.29. The number of fused-ring (bicyclic) bond motifs is 1. The highest BCUT2D eigenvalue weighted by Gasteiger charge is 2.28. The second-order valence-electron chi connectivity index (χ2n) is 7.76. The van der Waals surface area contributed by atoms with Crippen LogP contribution >= 0.6 is 0 Å². The Labute approximate surface area is 165 Å². The van der Waals surface area contributed by atoms with Crippen LogP contribution in [0.25, 0.3) is 10.9 Å². The fourth-order valence-corrected chi connectivity index (χ4v) is 4.20. The lowest BCUT2D eigenvalue weighted by Crippen LogP contribution is -2.38. The minimum Gasteiger partial charge on any atom is -0.322 e. The first kappa shape index (κ1) is 18.5. The van der Waals surface area contributed by atoms with E-state index < -0.39 is 0 Å². The summed E-state index contributed by atoms with van der Waals surface area (Å²) in [5.74, 6) is 0.189. The van der Waals surface area contributed by atoms with Crippen molar-refractivity contribution >= 4 is 22.5 Å². The number of carbonyl (C=O) groups excluding carboxylic acids is 1. The molecule has 1 heterocycles. The van der Waals surface area contributed by atoms with Crippen molar-refractivity contribution in [2.75, 3.05) is 4.90 Å². The number of carbonyl (C=O) groups is 1. The number of anilines is 1. The van der Waals surface area contributed by atoms with Crippen LogP contribution in [0.4, 0.5) is 5.69 Å². The first-order valence-electron chi connectivity index (χ1n) is 10.1. The minimum atomic E-state index is -0.131. The van der Waals surface area contributed by atoms with E-state index in [1.54, 1.807) is 0 Å². The van der Waals surface area contributed by atoms with Crippen LogP contribution in [0.2, 0.25) is 0 Å². The summed E-state index contributed by atoms with van der Waals surface area (Å²) in [5.41, 5.74) is 3.24. The molecule has 0 radical (unpaired) electrons. The number of nitrogens with zero attached hydrogens (tertiary/aromatic N) is 1. The number of nitrogens with one attached hydrogen (secondary N) is 1. The number of aromatic amines is 1. The molecular formula is C24H26N2O2. The highest BCUT2D eigenvalue weighted by atomic mass is 16.2. The van der Waals surface area contributed by atoms with Crippen molar-refractivity contribution in [1.82, 2.24) is 4.98 Å². The SMILES string of the molecule is Cc1ccccc1N(Cc1cc2ccccc2[nH]c1=O)C(=O)C1CCCCC1. The number of aryl methyl sites for hydroxylation is 1. The Morgan fingerprint density at radius 3 is 2.54 bits per heavy atom. The highest BCUT2D eigenvalue weighted by molar-refractivity contribution is 5.95. The predicted molar refractivity (Wildman–Crippen MR) is 114 cm³/mol. The summed E-state index contributed by atoms with van der Waals surface area (Å²) in [5, 5.41) is 0.979. The van der Waals surface area contributed by atoms with E-state index in [2.05, 4.69) is 4.98 Å². The lowest BCUT2D eigenvalue weighted by Gasteiger charge is -2.30. The van der Waals surface area contributed by atoms with E-state index in [0.29, 0.717) is 12.1 Å². The van der Waals surface area contributed by atoms with Crippen molar-refractivity contribution < 1.29 is 4.79 Å². The topological polar surface area (TPSA) is 53.2 Å². The van der Waals surface area contributed by atoms with Crippen molar-refractivity contribution in [3.8, 4) is 0 Å². The van der Waals surface area contributed by atoms with Crippen LogP contribution in [0.5, 0.6) is 0 Å². The van der Waals surface area contributed by atoms with Crippen molar-refractivity contribution in [2.45, 2.75) is 45.6 Å². The molecule has 1 aromatic heterocycles. The molecule has 4 rings (SSSR count). The normalized spacial score (nSPS) is 14.9. The zero-order chi connectivity index (χ0) is 19.5. The lowest BCUT2D eigenvalue weighted by atomic mass is 9.88. The molecule has 4 nitrogen and oxygen atoms in total. The van der Waals surface area contributed by atoms with E-state index in [-0.39, 0.29) is 17.4 Å². The summed E-state index contributed by atoms with van der Waals surface area (Å²) >= 11 is 0. The molecule has 0 saturated heterocycles. The molecule has 0 unspecified atom stereocenters. The number of hydrogen-bond donors (Lipinski definition) is 1. The Morgan fingerprint density at radius 1 is 1.04 bits per heavy atom. The number of amides is 1. The van der Waals surface area contributed by atoms with Crippen LogP contribution in [0.3, 0.4) is 0 Å². The van der Waals surface area contributed by atoms with E-state index in [9.17, 15) is 9.59 Å². The van der Waals surface area contributed by atoms with E-state index in [1.165, 1.54) is 6.42 Å². The van der Waals surface area contributed by atoms with E-state index in [4.69, 9.17) is 0 Å². The van der Waals surface area contributed by atoms with Gasteiger partial charge in [-0.3, -0.25) is 9.59 Å². The number of aromatic nitrogens is 1. The van der Waals surface area contributed by atoms with Crippen molar-refractivity contribution in [3.63, 3.8) is 0 Å². The van der Waals surface area contributed by atoms with Gasteiger partial charge in [0.1, 0.15) is 0 Å². The first-order chi connectivity index (χ1) is 13.6. The maximum Gasteiger partial charge on any atom is 0.253 e. The summed E-state index contributed by atoms with van der Waals surface area (Å²) in [7, 11) is 0. The van der Waals surface area contributed by atoms with Crippen molar-refractivity contribution in [3.05, 3.63) is 76.1 Å². The van der Waals surface area contributed by atoms with Gasteiger partial charge in [0, 0.05) is 22.7 Å². The summed E-state index contributed by atoms with van der Waals surface area (Å²) in [4.78, 5) is 30.9. The van der Waals surface area contributed by atoms with Gasteiger partial charge >= 0.3 is 0 Å². The molecule has 1 amide bonds. The zero-order valence-corrected chi connectivity index (χ0v) is 16.3. The van der Waals surface area contributed by atoms with Crippen LogP contribution in [-0.4, -0.2) is 10.9 Å². The molecule has 1 fully saturated rings. The maximum absolute atomic E-state index is 13.4. The smallest absolute Gasteiger partial charge is 0.253 e. The van der Waals surface area contributed by atoms with Gasteiger partial charge in [-0.15, -0.1) is 0 Å². The molecule has 2 aromatic carbocycles. The third kappa shape index (κ3) is 3.72. The highest BCUT2D eigenvalue weighted by Crippen LogP contribution is 2.30. The molecule has 0 spiro atoms. The average Bonchev–Trinajstić information content (AvgIpc) is 2.73. The Morgan fingerprint density at radius 2 is 1.75 bits per heavy atom. The third-order valence-corrected chi connectivity index (χ3v) is 5.79. The molecule has 1 saturated carbocycles. The molecule has 1 aliphatic carbocycles. The standard InChI is InChI=1S/C24H26N2O2/c1-17-9-5-8-14-22(17)26(24(28)18-10-3-2-4-11-18)16-20-15-19-12-6-7-13-21(19)25-23(20)27/h5-9,12-15,18H,2-4,10-11,16H2,1H3,(H,25,27). The summed E-state index contributed by atoms with van der Waals surface area (Å²) in [6.45, 7) is 2.31. The quantitative estimate of drug-likeness (QED) is 0.702. The molecular weight excluding hydrogens is 348 g/mol. The van der Waals surface area contributed by atoms with Crippen LogP contribution in [0, 0.1) is 12.8 Å². The number of rotatable bonds is 4. The molecule has 0 aliphatic heterocycles. The van der Waals surface area contributed by atoms with Gasteiger partial charge in [0.15, 0.2) is 0 Å². The second kappa shape index (κ2) is 8.01. The van der Waals surface area contributed by atoms with Gasteiger partial charge in [-0.1, -0.05) is 55.7 Å². The number of pyridine rings is 1. The number of benzene rings is 2. The molecule has 4 heteroatoms. The maximum atomic E-state index is 13.4. The summed E-state index contributed by atoms with van der Waals surface area (Å²) in [6, 6.07) is 17.6. The number of hydrogen-bond acceptors (Lipinski definition) is 2. The van der Waals surface area contributed by atoms with Gasteiger partial charge in [0.25, 0.3) is 5.56 Å². The third-order valence-electron chi connectivity index (χ3n) is 5.79. The molecule has 28 heavy (non-hydrogen) atoms. The van der Waals surface area contributed by atoms with Gasteiger partial charge < -0.3 is 9.88 Å². The monoisotopic (exact) mass is 374 g/mol. The van der Waals surface area contributed by atoms with Gasteiger partial charge in [0.2, 0.25) is 5.91 Å². The largest absolute Gasteiger partial charge is 0.322 e. The predicted octanol–water partition coefficient (Wildman–Crippen LogP) is 4.95. The molecule has 144 valence electrons. The Hall–Kier alpha value is -2.88. The van der Waals surface area contributed by atoms with Gasteiger partial charge in [-0.05, 0) is 48.9 Å². The van der Waals surface area contributed by atoms with Crippen LogP contribution in [-0.2, 0) is 11.3 Å². The van der Waals surface area contributed by atoms with E-state index in [0.717, 1.165) is 47.8 Å². The summed E-state index contributed by atoms with van der Waals surface area (Å²) < 4.78 is 0. The van der Waals surface area contributed by atoms with Gasteiger partial charge in [-0.25, -0.2) is 0 Å². The van der Waals surface area contributed by atoms with Crippen LogP contribution in [0.1, 0.15) is 43.2 Å². The Bertz CT molecular complexity index is 1050. The molecule has 0 atom stereocenters. The van der Waals surface area contributed by atoms with Crippen LogP contribution in [0.15, 0.2) is 59.4 Å². The lowest BCUT2D eigenvalue weighted by molar-refractivity contribution is -0.123. The number of para-hydroxylation sites is 2. The van der Waals surface area contributed by atoms with Crippen LogP contribution < -0.4 is 10.5 Å². The summed E-state index contributed by atoms with van der Waals surface area (Å²) in [6.07, 6.45) is 5.30. The molecule has 0 bridgehead atoms. The van der Waals surface area contributed by atoms with Gasteiger partial charge in [0.05, 0.1) is 6.54 Å². The number of H-pyrrole nitrogens is 1. The molecule has 3 aromatic rings. The minimum absolute atomic E-state index is 0.0490. The Balaban J connectivity index is 1.73. The van der Waals surface area contributed by atoms with Crippen molar-refractivity contribution in [2.24, 2.45) is 5.92 Å². The van der Waals surface area contributed by atoms with Crippen molar-refractivity contribution in [1.29, 1.82) is 0 Å². The van der Waals surface area contributed by atoms with E-state index in [1.807, 2.05) is 66.4 Å². The first-order valence-corrected chi connectivity index (χ1v) is 10.1. The fraction of sp³-hybridized carbons (Fsp3) is 0.333. The molecule has 1 N–H and O–H groups in total. The van der Waals surface area contributed by atoms with E-state index >= 15 is 0 Å². The molecule has 1 aliphatic rings. The van der Waals surface area contributed by atoms with Gasteiger partial charge in [-0.2, -0.15) is 0 Å². The fourth-order valence-electron chi connectivity index (χ4n) is 4.20. The second-order valence-corrected chi connectivity index (χ2v) is 7.76. The average molecular weight is 374 g/mol. The zero-order valence-electron chi connectivity index (χ0n) is 16.3.